The van der Waals surface area contributed by atoms with Gasteiger partial charge in [-0.3, -0.25) is 4.79 Å². The number of aryl methyl sites for hydroxylation is 2. The van der Waals surface area contributed by atoms with Crippen molar-refractivity contribution in [2.45, 2.75) is 38.7 Å². The molecule has 1 aliphatic rings. The second-order valence-electron chi connectivity index (χ2n) is 7.12. The van der Waals surface area contributed by atoms with Crippen LogP contribution in [0.1, 0.15) is 30.4 Å². The molecule has 1 aliphatic heterocycles. The van der Waals surface area contributed by atoms with Crippen LogP contribution in [0.25, 0.3) is 0 Å². The first-order chi connectivity index (χ1) is 13.0. The summed E-state index contributed by atoms with van der Waals surface area (Å²) in [6.45, 7) is 3.94. The number of ether oxygens (including phenoxy) is 1. The summed E-state index contributed by atoms with van der Waals surface area (Å²) in [6, 6.07) is 14.0. The fraction of sp³-hybridized carbons (Fsp3) is 0.409. The molecule has 1 fully saturated rings. The highest BCUT2D eigenvalue weighted by Crippen LogP contribution is 2.23. The Morgan fingerprint density at radius 1 is 1.26 bits per heavy atom. The lowest BCUT2D eigenvalue weighted by atomic mass is 10.1. The van der Waals surface area contributed by atoms with E-state index in [1.807, 2.05) is 37.3 Å². The molecule has 0 radical (unpaired) electrons. The summed E-state index contributed by atoms with van der Waals surface area (Å²) in [6.07, 6.45) is 3.71. The summed E-state index contributed by atoms with van der Waals surface area (Å²) in [5.41, 5.74) is 4.17. The van der Waals surface area contributed by atoms with Gasteiger partial charge in [-0.25, -0.2) is 0 Å². The van der Waals surface area contributed by atoms with E-state index in [-0.39, 0.29) is 5.91 Å². The van der Waals surface area contributed by atoms with Gasteiger partial charge in [-0.1, -0.05) is 23.7 Å². The number of halogens is 1. The number of hydrogen-bond donors (Lipinski definition) is 1. The van der Waals surface area contributed by atoms with Crippen molar-refractivity contribution < 1.29 is 9.53 Å². The molecule has 0 spiro atoms. The summed E-state index contributed by atoms with van der Waals surface area (Å²) in [5.74, 6) is 0.0211. The van der Waals surface area contributed by atoms with Crippen molar-refractivity contribution in [2.75, 3.05) is 30.4 Å². The number of hydrogen-bond acceptors (Lipinski definition) is 3. The predicted molar refractivity (Wildman–Crippen MR) is 112 cm³/mol. The summed E-state index contributed by atoms with van der Waals surface area (Å²) in [4.78, 5) is 14.6. The molecular weight excluding hydrogens is 360 g/mol. The molecule has 1 heterocycles. The van der Waals surface area contributed by atoms with Crippen molar-refractivity contribution in [3.8, 4) is 0 Å². The molecule has 0 saturated carbocycles. The highest BCUT2D eigenvalue weighted by atomic mass is 35.5. The average molecular weight is 387 g/mol. The third-order valence-corrected chi connectivity index (χ3v) is 5.51. The summed E-state index contributed by atoms with van der Waals surface area (Å²) >= 11 is 6.05. The number of piperidine rings is 1. The summed E-state index contributed by atoms with van der Waals surface area (Å²) in [7, 11) is 1.78. The molecule has 4 nitrogen and oxygen atoms in total. The van der Waals surface area contributed by atoms with Crippen molar-refractivity contribution in [3.05, 3.63) is 58.6 Å². The lowest BCUT2D eigenvalue weighted by Crippen LogP contribution is -2.39. The molecule has 27 heavy (non-hydrogen) atoms. The molecule has 3 rings (SSSR count). The molecule has 0 bridgehead atoms. The molecule has 2 aromatic rings. The largest absolute Gasteiger partial charge is 0.380 e. The number of rotatable bonds is 6. The predicted octanol–water partition coefficient (Wildman–Crippen LogP) is 4.83. The SMILES string of the molecule is COC1CCCN(c2ccc(NC(=O)CCc3ccc(Cl)c(C)c3)cc2)C1. The fourth-order valence-corrected chi connectivity index (χ4v) is 3.58. The van der Waals surface area contributed by atoms with Gasteiger partial charge >= 0.3 is 0 Å². The van der Waals surface area contributed by atoms with E-state index in [0.29, 0.717) is 18.9 Å². The topological polar surface area (TPSA) is 41.6 Å². The molecule has 1 unspecified atom stereocenters. The second-order valence-corrected chi connectivity index (χ2v) is 7.53. The minimum Gasteiger partial charge on any atom is -0.380 e. The standard InChI is InChI=1S/C22H27ClN2O2/c1-16-14-17(5-11-21(16)23)6-12-22(26)24-18-7-9-19(10-8-18)25-13-3-4-20(15-25)27-2/h5,7-11,14,20H,3-4,6,12-13,15H2,1-2H3,(H,24,26). The monoisotopic (exact) mass is 386 g/mol. The van der Waals surface area contributed by atoms with Crippen molar-refractivity contribution in [2.24, 2.45) is 0 Å². The Kier molecular flexibility index (Phi) is 6.75. The van der Waals surface area contributed by atoms with Gasteiger partial charge in [0.05, 0.1) is 6.10 Å². The van der Waals surface area contributed by atoms with Gasteiger partial charge in [0.2, 0.25) is 5.91 Å². The number of methoxy groups -OCH3 is 1. The van der Waals surface area contributed by atoms with Crippen LogP contribution < -0.4 is 10.2 Å². The lowest BCUT2D eigenvalue weighted by molar-refractivity contribution is -0.116. The zero-order chi connectivity index (χ0) is 19.2. The van der Waals surface area contributed by atoms with Crippen molar-refractivity contribution in [1.29, 1.82) is 0 Å². The quantitative estimate of drug-likeness (QED) is 0.772. The van der Waals surface area contributed by atoms with Crippen LogP contribution in [0.15, 0.2) is 42.5 Å². The van der Waals surface area contributed by atoms with Crippen LogP contribution in [0.2, 0.25) is 5.02 Å². The first kappa shape index (κ1) is 19.7. The van der Waals surface area contributed by atoms with Gasteiger partial charge in [0, 0.05) is 43.0 Å². The molecule has 1 amide bonds. The van der Waals surface area contributed by atoms with E-state index in [0.717, 1.165) is 47.8 Å². The van der Waals surface area contributed by atoms with Crippen LogP contribution in [0.4, 0.5) is 11.4 Å². The zero-order valence-electron chi connectivity index (χ0n) is 16.0. The van der Waals surface area contributed by atoms with Gasteiger partial charge in [0.1, 0.15) is 0 Å². The number of nitrogens with zero attached hydrogens (tertiary/aromatic N) is 1. The number of anilines is 2. The fourth-order valence-electron chi connectivity index (χ4n) is 3.46. The first-order valence-corrected chi connectivity index (χ1v) is 9.85. The van der Waals surface area contributed by atoms with Crippen LogP contribution in [0, 0.1) is 6.92 Å². The molecule has 5 heteroatoms. The van der Waals surface area contributed by atoms with Gasteiger partial charge in [0.15, 0.2) is 0 Å². The van der Waals surface area contributed by atoms with Gasteiger partial charge in [0.25, 0.3) is 0 Å². The molecule has 0 aromatic heterocycles. The smallest absolute Gasteiger partial charge is 0.224 e. The minimum absolute atomic E-state index is 0.0211. The van der Waals surface area contributed by atoms with E-state index in [4.69, 9.17) is 16.3 Å². The number of amides is 1. The summed E-state index contributed by atoms with van der Waals surface area (Å²) < 4.78 is 5.49. The van der Waals surface area contributed by atoms with Crippen LogP contribution in [-0.4, -0.2) is 32.2 Å². The molecule has 1 N–H and O–H groups in total. The Labute approximate surface area is 166 Å². The number of nitrogens with one attached hydrogen (secondary N) is 1. The van der Waals surface area contributed by atoms with Crippen molar-refractivity contribution in [3.63, 3.8) is 0 Å². The van der Waals surface area contributed by atoms with Crippen LogP contribution in [0.5, 0.6) is 0 Å². The van der Waals surface area contributed by atoms with E-state index in [9.17, 15) is 4.79 Å². The summed E-state index contributed by atoms with van der Waals surface area (Å²) in [5, 5.41) is 3.74. The van der Waals surface area contributed by atoms with Crippen LogP contribution in [-0.2, 0) is 16.0 Å². The highest BCUT2D eigenvalue weighted by molar-refractivity contribution is 6.31. The van der Waals surface area contributed by atoms with Crippen LogP contribution in [0.3, 0.4) is 0 Å². The Hall–Kier alpha value is -2.04. The maximum Gasteiger partial charge on any atom is 0.224 e. The number of benzene rings is 2. The molecular formula is C22H27ClN2O2. The number of carbonyl (C=O) groups excluding carboxylic acids is 1. The Bertz CT molecular complexity index is 776. The molecule has 144 valence electrons. The third-order valence-electron chi connectivity index (χ3n) is 5.09. The van der Waals surface area contributed by atoms with E-state index < -0.39 is 0 Å². The third kappa shape index (κ3) is 5.47. The average Bonchev–Trinajstić information content (AvgIpc) is 2.69. The van der Waals surface area contributed by atoms with E-state index in [1.54, 1.807) is 7.11 Å². The molecule has 0 aliphatic carbocycles. The van der Waals surface area contributed by atoms with E-state index in [1.165, 1.54) is 5.69 Å². The van der Waals surface area contributed by atoms with Crippen molar-refractivity contribution in [1.82, 2.24) is 0 Å². The lowest BCUT2D eigenvalue weighted by Gasteiger charge is -2.33. The maximum absolute atomic E-state index is 12.2. The Morgan fingerprint density at radius 2 is 2.04 bits per heavy atom. The Morgan fingerprint density at radius 3 is 2.74 bits per heavy atom. The van der Waals surface area contributed by atoms with E-state index >= 15 is 0 Å². The first-order valence-electron chi connectivity index (χ1n) is 9.48. The van der Waals surface area contributed by atoms with Gasteiger partial charge in [-0.2, -0.15) is 0 Å². The Balaban J connectivity index is 1.51. The normalized spacial score (nSPS) is 17.0. The maximum atomic E-state index is 12.2. The van der Waals surface area contributed by atoms with Crippen LogP contribution >= 0.6 is 11.6 Å². The minimum atomic E-state index is 0.0211. The zero-order valence-corrected chi connectivity index (χ0v) is 16.8. The van der Waals surface area contributed by atoms with Gasteiger partial charge in [-0.15, -0.1) is 0 Å². The van der Waals surface area contributed by atoms with E-state index in [2.05, 4.69) is 22.3 Å². The number of carbonyl (C=O) groups is 1. The van der Waals surface area contributed by atoms with Gasteiger partial charge < -0.3 is 15.0 Å². The van der Waals surface area contributed by atoms with Crippen molar-refractivity contribution >= 4 is 28.9 Å². The highest BCUT2D eigenvalue weighted by Gasteiger charge is 2.19. The molecule has 1 atom stereocenters. The molecule has 2 aromatic carbocycles. The van der Waals surface area contributed by atoms with Gasteiger partial charge in [-0.05, 0) is 67.6 Å². The second kappa shape index (κ2) is 9.25. The molecule has 1 saturated heterocycles.